The highest BCUT2D eigenvalue weighted by Gasteiger charge is 2.11. The molecule has 5 heteroatoms. The third-order valence-corrected chi connectivity index (χ3v) is 3.80. The van der Waals surface area contributed by atoms with Crippen molar-refractivity contribution in [2.75, 3.05) is 0 Å². The lowest BCUT2D eigenvalue weighted by molar-refractivity contribution is -0.384. The summed E-state index contributed by atoms with van der Waals surface area (Å²) < 4.78 is 1.83. The lowest BCUT2D eigenvalue weighted by atomic mass is 10.0. The second kappa shape index (κ2) is 4.66. The zero-order valence-electron chi connectivity index (χ0n) is 11.5. The molecule has 2 aromatic heterocycles. The van der Waals surface area contributed by atoms with Crippen molar-refractivity contribution in [1.82, 2.24) is 9.61 Å². The summed E-state index contributed by atoms with van der Waals surface area (Å²) in [7, 11) is 0. The van der Waals surface area contributed by atoms with Crippen LogP contribution in [0.25, 0.3) is 27.4 Å². The molecule has 0 amide bonds. The van der Waals surface area contributed by atoms with Crippen molar-refractivity contribution in [3.63, 3.8) is 0 Å². The number of benzene rings is 2. The first-order valence-corrected chi connectivity index (χ1v) is 6.84. The number of fused-ring (bicyclic) bond motifs is 3. The predicted molar refractivity (Wildman–Crippen MR) is 84.8 cm³/mol. The van der Waals surface area contributed by atoms with Crippen LogP contribution in [0.1, 0.15) is 0 Å². The highest BCUT2D eigenvalue weighted by molar-refractivity contribution is 6.02. The molecule has 0 N–H and O–H groups in total. The van der Waals surface area contributed by atoms with Gasteiger partial charge in [-0.25, -0.2) is 4.52 Å². The molecule has 0 bridgehead atoms. The molecular weight excluding hydrogens is 278 g/mol. The molecule has 0 aliphatic carbocycles. The number of aromatic nitrogens is 2. The standard InChI is InChI=1S/C17H11N3O2/c21-20(22)14-7-5-13(6-8-14)16-11-18-19-10-9-12-3-1-2-4-15(12)17(16)19/h1-11H. The summed E-state index contributed by atoms with van der Waals surface area (Å²) in [5.74, 6) is 0. The van der Waals surface area contributed by atoms with Gasteiger partial charge in [0.2, 0.25) is 0 Å². The van der Waals surface area contributed by atoms with E-state index in [0.29, 0.717) is 0 Å². The van der Waals surface area contributed by atoms with E-state index in [-0.39, 0.29) is 5.69 Å². The monoisotopic (exact) mass is 289 g/mol. The van der Waals surface area contributed by atoms with Crippen LogP contribution in [-0.4, -0.2) is 14.5 Å². The molecule has 4 aromatic rings. The van der Waals surface area contributed by atoms with Crippen LogP contribution in [0.2, 0.25) is 0 Å². The second-order valence-electron chi connectivity index (χ2n) is 5.06. The van der Waals surface area contributed by atoms with Crippen LogP contribution in [0.3, 0.4) is 0 Å². The first-order chi connectivity index (χ1) is 10.7. The maximum absolute atomic E-state index is 10.8. The zero-order chi connectivity index (χ0) is 15.1. The molecular formula is C17H11N3O2. The van der Waals surface area contributed by atoms with Crippen molar-refractivity contribution in [1.29, 1.82) is 0 Å². The van der Waals surface area contributed by atoms with Crippen molar-refractivity contribution in [3.8, 4) is 11.1 Å². The van der Waals surface area contributed by atoms with E-state index in [1.54, 1.807) is 18.3 Å². The van der Waals surface area contributed by atoms with Crippen LogP contribution >= 0.6 is 0 Å². The first-order valence-electron chi connectivity index (χ1n) is 6.84. The maximum atomic E-state index is 10.8. The van der Waals surface area contributed by atoms with Crippen molar-refractivity contribution in [2.45, 2.75) is 0 Å². The summed E-state index contributed by atoms with van der Waals surface area (Å²) in [5.41, 5.74) is 2.97. The highest BCUT2D eigenvalue weighted by atomic mass is 16.6. The summed E-state index contributed by atoms with van der Waals surface area (Å²) in [4.78, 5) is 10.4. The molecule has 0 radical (unpaired) electrons. The fraction of sp³-hybridized carbons (Fsp3) is 0. The van der Waals surface area contributed by atoms with Gasteiger partial charge in [-0.05, 0) is 29.1 Å². The normalized spacial score (nSPS) is 11.1. The topological polar surface area (TPSA) is 60.4 Å². The number of hydrogen-bond donors (Lipinski definition) is 0. The van der Waals surface area contributed by atoms with Crippen molar-refractivity contribution in [3.05, 3.63) is 77.1 Å². The maximum Gasteiger partial charge on any atom is 0.269 e. The molecule has 0 aliphatic rings. The molecule has 5 nitrogen and oxygen atoms in total. The largest absolute Gasteiger partial charge is 0.269 e. The molecule has 106 valence electrons. The smallest absolute Gasteiger partial charge is 0.258 e. The number of nitro benzene ring substituents is 1. The zero-order valence-corrected chi connectivity index (χ0v) is 11.5. The number of pyridine rings is 1. The van der Waals surface area contributed by atoms with Crippen LogP contribution in [0.5, 0.6) is 0 Å². The number of nitro groups is 1. The molecule has 0 fully saturated rings. The van der Waals surface area contributed by atoms with Crippen LogP contribution in [0, 0.1) is 10.1 Å². The molecule has 0 atom stereocenters. The van der Waals surface area contributed by atoms with E-state index in [2.05, 4.69) is 17.2 Å². The van der Waals surface area contributed by atoms with Crippen LogP contribution < -0.4 is 0 Å². The third-order valence-electron chi connectivity index (χ3n) is 3.80. The van der Waals surface area contributed by atoms with Crippen molar-refractivity contribution >= 4 is 22.0 Å². The molecule has 4 rings (SSSR count). The Hall–Kier alpha value is -3.21. The summed E-state index contributed by atoms with van der Waals surface area (Å²) in [6.07, 6.45) is 3.72. The molecule has 0 spiro atoms. The van der Waals surface area contributed by atoms with Crippen molar-refractivity contribution < 1.29 is 4.92 Å². The van der Waals surface area contributed by atoms with Crippen LogP contribution in [-0.2, 0) is 0 Å². The molecule has 0 aliphatic heterocycles. The van der Waals surface area contributed by atoms with Crippen molar-refractivity contribution in [2.24, 2.45) is 0 Å². The van der Waals surface area contributed by atoms with Crippen LogP contribution in [0.15, 0.2) is 67.0 Å². The molecule has 22 heavy (non-hydrogen) atoms. The number of rotatable bonds is 2. The molecule has 2 heterocycles. The Morgan fingerprint density at radius 2 is 1.77 bits per heavy atom. The Bertz CT molecular complexity index is 1000. The number of nitrogens with zero attached hydrogens (tertiary/aromatic N) is 3. The minimum Gasteiger partial charge on any atom is -0.258 e. The van der Waals surface area contributed by atoms with Gasteiger partial charge in [0.25, 0.3) is 5.69 Å². The van der Waals surface area contributed by atoms with Gasteiger partial charge < -0.3 is 0 Å². The predicted octanol–water partition coefficient (Wildman–Crippen LogP) is 4.06. The minimum absolute atomic E-state index is 0.0880. The fourth-order valence-electron chi connectivity index (χ4n) is 2.73. The van der Waals surface area contributed by atoms with Gasteiger partial charge in [0.15, 0.2) is 0 Å². The first kappa shape index (κ1) is 12.5. The molecule has 0 saturated carbocycles. The Morgan fingerprint density at radius 3 is 2.55 bits per heavy atom. The van der Waals surface area contributed by atoms with E-state index in [0.717, 1.165) is 27.4 Å². The average molecular weight is 289 g/mol. The highest BCUT2D eigenvalue weighted by Crippen LogP contribution is 2.30. The minimum atomic E-state index is -0.394. The summed E-state index contributed by atoms with van der Waals surface area (Å²) in [6.45, 7) is 0. The quantitative estimate of drug-likeness (QED) is 0.413. The number of non-ortho nitro benzene ring substituents is 1. The van der Waals surface area contributed by atoms with E-state index >= 15 is 0 Å². The van der Waals surface area contributed by atoms with E-state index in [9.17, 15) is 10.1 Å². The Labute approximate surface area is 125 Å². The van der Waals surface area contributed by atoms with Gasteiger partial charge in [0.1, 0.15) is 0 Å². The molecule has 0 saturated heterocycles. The SMILES string of the molecule is O=[N+]([O-])c1ccc(-c2cnn3ccc4ccccc4c23)cc1. The lowest BCUT2D eigenvalue weighted by Gasteiger charge is -2.04. The summed E-state index contributed by atoms with van der Waals surface area (Å²) in [6, 6.07) is 16.7. The Morgan fingerprint density at radius 1 is 1.00 bits per heavy atom. The Kier molecular flexibility index (Phi) is 2.66. The van der Waals surface area contributed by atoms with Crippen LogP contribution in [0.4, 0.5) is 5.69 Å². The van der Waals surface area contributed by atoms with Gasteiger partial charge >= 0.3 is 0 Å². The van der Waals surface area contributed by atoms with Gasteiger partial charge in [-0.3, -0.25) is 10.1 Å². The fourth-order valence-corrected chi connectivity index (χ4v) is 2.73. The Balaban J connectivity index is 1.98. The van der Waals surface area contributed by atoms with Gasteiger partial charge in [0.05, 0.1) is 16.6 Å². The van der Waals surface area contributed by atoms with E-state index in [1.807, 2.05) is 28.9 Å². The van der Waals surface area contributed by atoms with Gasteiger partial charge in [0, 0.05) is 29.3 Å². The third kappa shape index (κ3) is 1.83. The summed E-state index contributed by atoms with van der Waals surface area (Å²) in [5, 5.41) is 17.4. The van der Waals surface area contributed by atoms with Gasteiger partial charge in [-0.2, -0.15) is 5.10 Å². The van der Waals surface area contributed by atoms with Gasteiger partial charge in [-0.1, -0.05) is 24.3 Å². The second-order valence-corrected chi connectivity index (χ2v) is 5.06. The van der Waals surface area contributed by atoms with E-state index < -0.39 is 4.92 Å². The average Bonchev–Trinajstić information content (AvgIpc) is 2.99. The lowest BCUT2D eigenvalue weighted by Crippen LogP contribution is -1.88. The molecule has 0 unspecified atom stereocenters. The number of hydrogen-bond acceptors (Lipinski definition) is 3. The van der Waals surface area contributed by atoms with E-state index in [4.69, 9.17) is 0 Å². The van der Waals surface area contributed by atoms with Gasteiger partial charge in [-0.15, -0.1) is 0 Å². The van der Waals surface area contributed by atoms with E-state index in [1.165, 1.54) is 12.1 Å². The summed E-state index contributed by atoms with van der Waals surface area (Å²) >= 11 is 0. The molecule has 2 aromatic carbocycles.